The molecule has 5 nitrogen and oxygen atoms in total. The van der Waals surface area contributed by atoms with Gasteiger partial charge in [0.1, 0.15) is 0 Å². The fourth-order valence-corrected chi connectivity index (χ4v) is 2.26. The van der Waals surface area contributed by atoms with Gasteiger partial charge in [0.2, 0.25) is 0 Å². The maximum Gasteiger partial charge on any atom is 0.156 e. The van der Waals surface area contributed by atoms with Crippen LogP contribution in [0.15, 0.2) is 5.16 Å². The first kappa shape index (κ1) is 12.3. The molecule has 1 aliphatic heterocycles. The zero-order chi connectivity index (χ0) is 11.3. The Hall–Kier alpha value is -0.810. The van der Waals surface area contributed by atoms with Crippen LogP contribution in [0.5, 0.6) is 0 Å². The van der Waals surface area contributed by atoms with Crippen molar-refractivity contribution in [3.05, 3.63) is 0 Å². The van der Waals surface area contributed by atoms with Crippen molar-refractivity contribution in [3.63, 3.8) is 0 Å². The van der Waals surface area contributed by atoms with Crippen molar-refractivity contribution >= 4 is 5.84 Å². The summed E-state index contributed by atoms with van der Waals surface area (Å²) in [7, 11) is 0. The highest BCUT2D eigenvalue weighted by molar-refractivity contribution is 5.84. The van der Waals surface area contributed by atoms with Gasteiger partial charge in [-0.15, -0.1) is 0 Å². The lowest BCUT2D eigenvalue weighted by atomic mass is 10.1. The molecule has 0 saturated carbocycles. The van der Waals surface area contributed by atoms with E-state index in [4.69, 9.17) is 16.0 Å². The number of nitrogens with two attached hydrogens (primary N) is 1. The van der Waals surface area contributed by atoms with E-state index in [2.05, 4.69) is 10.1 Å². The molecule has 2 atom stereocenters. The van der Waals surface area contributed by atoms with E-state index in [1.165, 1.54) is 0 Å². The van der Waals surface area contributed by atoms with Crippen LogP contribution in [-0.2, 0) is 0 Å². The molecule has 0 aromatic carbocycles. The predicted octanol–water partition coefficient (Wildman–Crippen LogP) is 0.358. The molecule has 0 bridgehead atoms. The summed E-state index contributed by atoms with van der Waals surface area (Å²) in [5.41, 5.74) is 5.60. The van der Waals surface area contributed by atoms with Gasteiger partial charge in [-0.1, -0.05) is 5.16 Å². The highest BCUT2D eigenvalue weighted by Crippen LogP contribution is 2.23. The van der Waals surface area contributed by atoms with Crippen molar-refractivity contribution < 1.29 is 10.3 Å². The number of aliphatic hydroxyl groups excluding tert-OH is 1. The van der Waals surface area contributed by atoms with Crippen LogP contribution >= 0.6 is 0 Å². The number of likely N-dealkylation sites (tertiary alicyclic amines) is 1. The summed E-state index contributed by atoms with van der Waals surface area (Å²) < 4.78 is 0. The molecule has 5 heteroatoms. The summed E-state index contributed by atoms with van der Waals surface area (Å²) in [5, 5.41) is 20.5. The average Bonchev–Trinajstić information content (AvgIpc) is 2.72. The average molecular weight is 215 g/mol. The molecule has 1 saturated heterocycles. The van der Waals surface area contributed by atoms with Crippen LogP contribution < -0.4 is 5.73 Å². The van der Waals surface area contributed by atoms with E-state index in [9.17, 15) is 0 Å². The molecule has 88 valence electrons. The van der Waals surface area contributed by atoms with Crippen molar-refractivity contribution in [2.45, 2.75) is 44.7 Å². The molecule has 15 heavy (non-hydrogen) atoms. The fourth-order valence-electron chi connectivity index (χ4n) is 2.26. The van der Waals surface area contributed by atoms with Crippen LogP contribution in [0.3, 0.4) is 0 Å². The monoisotopic (exact) mass is 215 g/mol. The Morgan fingerprint density at radius 3 is 3.00 bits per heavy atom. The van der Waals surface area contributed by atoms with Crippen molar-refractivity contribution in [1.82, 2.24) is 4.90 Å². The van der Waals surface area contributed by atoms with Crippen molar-refractivity contribution in [3.8, 4) is 0 Å². The minimum atomic E-state index is -0.0128. The Labute approximate surface area is 90.6 Å². The van der Waals surface area contributed by atoms with Crippen molar-refractivity contribution in [1.29, 1.82) is 0 Å². The minimum absolute atomic E-state index is 0.0128. The second-order valence-electron chi connectivity index (χ2n) is 4.10. The first-order valence-corrected chi connectivity index (χ1v) is 5.54. The molecule has 1 heterocycles. The summed E-state index contributed by atoms with van der Waals surface area (Å²) in [6.45, 7) is 3.18. The molecule has 0 aromatic heterocycles. The fraction of sp³-hybridized carbons (Fsp3) is 0.900. The largest absolute Gasteiger partial charge is 0.409 e. The number of amidine groups is 1. The molecule has 1 fully saturated rings. The molecular weight excluding hydrogens is 194 g/mol. The molecule has 0 aliphatic carbocycles. The summed E-state index contributed by atoms with van der Waals surface area (Å²) in [4.78, 5) is 2.25. The van der Waals surface area contributed by atoms with Crippen LogP contribution in [0.4, 0.5) is 0 Å². The third-order valence-corrected chi connectivity index (χ3v) is 3.16. The Kier molecular flexibility index (Phi) is 4.84. The minimum Gasteiger partial charge on any atom is -0.409 e. The first-order valence-electron chi connectivity index (χ1n) is 5.54. The predicted molar refractivity (Wildman–Crippen MR) is 58.9 cm³/mol. The first-order chi connectivity index (χ1) is 7.20. The van der Waals surface area contributed by atoms with E-state index >= 15 is 0 Å². The highest BCUT2D eigenvalue weighted by atomic mass is 16.4. The second-order valence-corrected chi connectivity index (χ2v) is 4.10. The molecule has 0 aromatic rings. The Bertz CT molecular complexity index is 221. The lowest BCUT2D eigenvalue weighted by molar-refractivity contribution is 0.198. The molecular formula is C10H21N3O2. The third-order valence-electron chi connectivity index (χ3n) is 3.16. The van der Waals surface area contributed by atoms with Gasteiger partial charge in [0.05, 0.1) is 6.04 Å². The highest BCUT2D eigenvalue weighted by Gasteiger charge is 2.29. The summed E-state index contributed by atoms with van der Waals surface area (Å²) >= 11 is 0. The van der Waals surface area contributed by atoms with E-state index in [0.29, 0.717) is 6.04 Å². The SMILES string of the molecule is CC(C(N)=NO)N1CCCC1CCCO. The van der Waals surface area contributed by atoms with Crippen LogP contribution in [0.25, 0.3) is 0 Å². The van der Waals surface area contributed by atoms with Crippen molar-refractivity contribution in [2.75, 3.05) is 13.2 Å². The van der Waals surface area contributed by atoms with Gasteiger partial charge >= 0.3 is 0 Å². The normalized spacial score (nSPS) is 25.7. The van der Waals surface area contributed by atoms with Gasteiger partial charge in [-0.3, -0.25) is 4.90 Å². The van der Waals surface area contributed by atoms with E-state index in [-0.39, 0.29) is 18.5 Å². The second kappa shape index (κ2) is 5.92. The topological polar surface area (TPSA) is 82.1 Å². The van der Waals surface area contributed by atoms with E-state index < -0.39 is 0 Å². The number of oxime groups is 1. The Morgan fingerprint density at radius 2 is 2.40 bits per heavy atom. The van der Waals surface area contributed by atoms with Gasteiger partial charge in [0.25, 0.3) is 0 Å². The maximum atomic E-state index is 8.80. The number of aliphatic hydroxyl groups is 1. The van der Waals surface area contributed by atoms with Crippen LogP contribution in [0.1, 0.15) is 32.6 Å². The molecule has 0 amide bonds. The molecule has 1 rings (SSSR count). The molecule has 0 spiro atoms. The van der Waals surface area contributed by atoms with E-state index in [1.54, 1.807) is 0 Å². The molecule has 1 aliphatic rings. The Morgan fingerprint density at radius 1 is 1.67 bits per heavy atom. The third kappa shape index (κ3) is 3.07. The number of hydrogen-bond donors (Lipinski definition) is 3. The zero-order valence-electron chi connectivity index (χ0n) is 9.26. The lowest BCUT2D eigenvalue weighted by Crippen LogP contribution is -2.45. The van der Waals surface area contributed by atoms with Gasteiger partial charge in [-0.05, 0) is 39.2 Å². The molecule has 0 radical (unpaired) electrons. The van der Waals surface area contributed by atoms with Gasteiger partial charge in [-0.2, -0.15) is 0 Å². The van der Waals surface area contributed by atoms with E-state index in [1.807, 2.05) is 6.92 Å². The van der Waals surface area contributed by atoms with Gasteiger partial charge in [-0.25, -0.2) is 0 Å². The number of rotatable bonds is 5. The summed E-state index contributed by atoms with van der Waals surface area (Å²) in [5.74, 6) is 0.269. The van der Waals surface area contributed by atoms with E-state index in [0.717, 1.165) is 32.2 Å². The summed E-state index contributed by atoms with van der Waals surface area (Å²) in [6, 6.07) is 0.452. The lowest BCUT2D eigenvalue weighted by Gasteiger charge is -2.29. The molecule has 4 N–H and O–H groups in total. The molecule has 2 unspecified atom stereocenters. The van der Waals surface area contributed by atoms with Crippen LogP contribution in [0.2, 0.25) is 0 Å². The standard InChI is InChI=1S/C10H21N3O2/c1-8(10(11)12-15)13-6-2-4-9(13)5-3-7-14/h8-9,14-15H,2-7H2,1H3,(H2,11,12). The van der Waals surface area contributed by atoms with Crippen molar-refractivity contribution in [2.24, 2.45) is 10.9 Å². The summed E-state index contributed by atoms with van der Waals surface area (Å²) in [6.07, 6.45) is 4.10. The van der Waals surface area contributed by atoms with Gasteiger partial charge < -0.3 is 16.0 Å². The zero-order valence-corrected chi connectivity index (χ0v) is 9.26. The Balaban J connectivity index is 2.51. The van der Waals surface area contributed by atoms with Gasteiger partial charge in [0.15, 0.2) is 5.84 Å². The number of nitrogens with zero attached hydrogens (tertiary/aromatic N) is 2. The van der Waals surface area contributed by atoms with Gasteiger partial charge in [0, 0.05) is 12.6 Å². The van der Waals surface area contributed by atoms with Crippen LogP contribution in [-0.4, -0.2) is 46.3 Å². The quantitative estimate of drug-likeness (QED) is 0.268. The maximum absolute atomic E-state index is 8.80. The smallest absolute Gasteiger partial charge is 0.156 e. The van der Waals surface area contributed by atoms with Crippen LogP contribution in [0, 0.1) is 0 Å². The number of hydrogen-bond acceptors (Lipinski definition) is 4.